The van der Waals surface area contributed by atoms with Crippen molar-refractivity contribution >= 4 is 28.2 Å². The van der Waals surface area contributed by atoms with E-state index in [4.69, 9.17) is 47.4 Å². The van der Waals surface area contributed by atoms with Crippen LogP contribution in [0.5, 0.6) is 0 Å². The second-order valence-corrected chi connectivity index (χ2v) is 18.1. The van der Waals surface area contributed by atoms with Crippen molar-refractivity contribution in [2.75, 3.05) is 33.0 Å². The predicted molar refractivity (Wildman–Crippen MR) is 218 cm³/mol. The van der Waals surface area contributed by atoms with E-state index in [1.54, 1.807) is 0 Å². The highest BCUT2D eigenvalue weighted by Gasteiger charge is 2.59. The van der Waals surface area contributed by atoms with Gasteiger partial charge in [0.1, 0.15) is 122 Å². The number of nitrogens with one attached hydrogen (secondary N) is 1. The number of carbonyl (C=O) groups excluding carboxylic acids is 1. The van der Waals surface area contributed by atoms with E-state index in [9.17, 15) is 119 Å². The normalized spacial score (nSPS) is 42.4. The Morgan fingerprint density at radius 1 is 0.608 bits per heavy atom. The molecule has 5 aliphatic heterocycles. The van der Waals surface area contributed by atoms with Crippen LogP contribution >= 0.6 is 0 Å². The lowest BCUT2D eigenvalue weighted by atomic mass is 9.94. The Morgan fingerprint density at radius 3 is 1.65 bits per heavy atom. The van der Waals surface area contributed by atoms with Crippen molar-refractivity contribution in [2.45, 2.75) is 166 Å². The molecule has 37 heteroatoms. The molecule has 1 amide bonds. The first-order chi connectivity index (χ1) is 34.6. The predicted octanol–water partition coefficient (Wildman–Crippen LogP) is -12.6. The average molecular weight is 1110 g/mol. The Balaban J connectivity index is 1.43. The Bertz CT molecular complexity index is 2020. The van der Waals surface area contributed by atoms with E-state index >= 15 is 0 Å². The van der Waals surface area contributed by atoms with Crippen LogP contribution in [0.25, 0.3) is 0 Å². The van der Waals surface area contributed by atoms with E-state index in [2.05, 4.69) is 9.50 Å². The molecule has 0 spiro atoms. The highest BCUT2D eigenvalue weighted by atomic mass is 32.3. The maximum absolute atomic E-state index is 12.8. The van der Waals surface area contributed by atoms with E-state index < -0.39 is 232 Å². The summed E-state index contributed by atoms with van der Waals surface area (Å²) in [5.41, 5.74) is 0. The van der Waals surface area contributed by atoms with Crippen LogP contribution in [0.3, 0.4) is 0 Å². The number of carboxylic acid groups (broad SMARTS) is 2. The number of ether oxygens (including phenoxy) is 10. The first-order valence-corrected chi connectivity index (χ1v) is 23.2. The molecule has 0 aliphatic carbocycles. The first kappa shape index (κ1) is 61.5. The molecule has 0 aromatic carbocycles. The van der Waals surface area contributed by atoms with Crippen LogP contribution in [0, 0.1) is 0 Å². The highest BCUT2D eigenvalue weighted by molar-refractivity contribution is 7.80. The SMILES string of the molecule is CC(=O)N[C@H]1[C@H](O[C@H]2[C@H](O)[C@@H](O)[C@H](O[C@@H]3[C@@H](O)[C@H](O[C@H]4[C@@H](O)[C@@H](CO)O[C@@H](O[C@H](CO)[C@H](O)[C@@H](O)CO)[C@@H]4O)O[C@H](CO)[C@@H]3OS(=O)(=O)O)O[C@@H]2C(=O)O)O[C@H](CO)[C@H](O)[C@@H]1O[C@@H]1OC(C(=O)O)=C(O)[C@H](O)[C@H]1O. The second-order valence-electron chi connectivity index (χ2n) is 17.0. The summed E-state index contributed by atoms with van der Waals surface area (Å²) in [6, 6.07) is -1.98. The van der Waals surface area contributed by atoms with Gasteiger partial charge in [0, 0.05) is 6.92 Å². The molecule has 26 atom stereocenters. The van der Waals surface area contributed by atoms with Gasteiger partial charge >= 0.3 is 22.3 Å². The smallest absolute Gasteiger partial charge is 0.397 e. The molecule has 36 nitrogen and oxygen atoms in total. The van der Waals surface area contributed by atoms with Crippen LogP contribution in [0.15, 0.2) is 11.5 Å². The molecule has 5 aliphatic rings. The quantitative estimate of drug-likeness (QED) is 0.0448. The van der Waals surface area contributed by atoms with Crippen molar-refractivity contribution in [1.29, 1.82) is 0 Å². The van der Waals surface area contributed by atoms with Gasteiger partial charge in [-0.15, -0.1) is 0 Å². The Labute approximate surface area is 415 Å². The summed E-state index contributed by atoms with van der Waals surface area (Å²) in [5, 5.41) is 190. The van der Waals surface area contributed by atoms with Crippen LogP contribution in [0.1, 0.15) is 6.92 Å². The van der Waals surface area contributed by atoms with Gasteiger partial charge < -0.3 is 145 Å². The summed E-state index contributed by atoms with van der Waals surface area (Å²) < 4.78 is 92.9. The molecule has 0 radical (unpaired) electrons. The van der Waals surface area contributed by atoms with Gasteiger partial charge in [-0.05, 0) is 0 Å². The maximum Gasteiger partial charge on any atom is 0.397 e. The summed E-state index contributed by atoms with van der Waals surface area (Å²) in [5.74, 6) is -7.75. The van der Waals surface area contributed by atoms with E-state index in [0.717, 1.165) is 6.92 Å². The van der Waals surface area contributed by atoms with Crippen LogP contribution in [-0.4, -0.2) is 315 Å². The van der Waals surface area contributed by atoms with Gasteiger partial charge in [-0.25, -0.2) is 13.8 Å². The van der Waals surface area contributed by atoms with E-state index in [1.165, 1.54) is 0 Å². The van der Waals surface area contributed by atoms with Gasteiger partial charge in [0.05, 0.1) is 33.0 Å². The molecule has 428 valence electrons. The molecule has 4 fully saturated rings. The maximum atomic E-state index is 12.8. The third kappa shape index (κ3) is 13.7. The van der Waals surface area contributed by atoms with Gasteiger partial charge in [0.15, 0.2) is 37.0 Å². The highest BCUT2D eigenvalue weighted by Crippen LogP contribution is 2.37. The Morgan fingerprint density at radius 2 is 1.12 bits per heavy atom. The average Bonchev–Trinajstić information content (AvgIpc) is 3.34. The van der Waals surface area contributed by atoms with Gasteiger partial charge in [0.25, 0.3) is 0 Å². The lowest BCUT2D eigenvalue weighted by Crippen LogP contribution is -2.70. The van der Waals surface area contributed by atoms with E-state index in [0.29, 0.717) is 0 Å². The molecule has 20 N–H and O–H groups in total. The minimum atomic E-state index is -5.67. The fourth-order valence-electron chi connectivity index (χ4n) is 8.26. The van der Waals surface area contributed by atoms with Crippen molar-refractivity contribution in [3.05, 3.63) is 11.5 Å². The first-order valence-electron chi connectivity index (χ1n) is 21.9. The zero-order chi connectivity index (χ0) is 55.4. The molecule has 0 aromatic heterocycles. The molecular formula is C37H59NO35S. The molecule has 74 heavy (non-hydrogen) atoms. The number of carbonyl (C=O) groups is 3. The fraction of sp³-hybridized carbons (Fsp3) is 0.865. The molecule has 5 rings (SSSR count). The van der Waals surface area contributed by atoms with Crippen molar-refractivity contribution in [3.8, 4) is 0 Å². The van der Waals surface area contributed by atoms with E-state index in [1.807, 2.05) is 0 Å². The lowest BCUT2D eigenvalue weighted by Gasteiger charge is -2.50. The fourth-order valence-corrected chi connectivity index (χ4v) is 8.78. The number of rotatable bonds is 22. The largest absolute Gasteiger partial charge is 0.506 e. The monoisotopic (exact) mass is 1110 g/mol. The number of hydrogen-bond acceptors (Lipinski definition) is 32. The summed E-state index contributed by atoms with van der Waals surface area (Å²) in [7, 11) is -5.67. The zero-order valence-electron chi connectivity index (χ0n) is 38.0. The third-order valence-electron chi connectivity index (χ3n) is 12.0. The van der Waals surface area contributed by atoms with Crippen molar-refractivity contribution in [3.63, 3.8) is 0 Å². The van der Waals surface area contributed by atoms with Crippen LogP contribution in [0.2, 0.25) is 0 Å². The standard InChI is InChI=1S/C37H59NO35S/c1-7(44)38-13-25(67-34-20(52)17(49)18(50)29(71-34)31(56)57)15(47)10(4-41)63-33(13)69-27-19(51)21(53)35(72-30(27)32(58)59)70-28-23(55)37(66-12(6-43)24(28)73-74(60,61)62)68-26-16(48)11(5-42)65-36(22(26)54)64-9(3-40)14(46)8(45)2-39/h8-17,19-28,30,33-37,39-43,45-55H,2-6H2,1H3,(H,38,44)(H,56,57)(H,58,59)(H,60,61,62)/t8-,9+,10+,11+,12+,13+,14+,15-,16-,17-,19+,20+,21+,22+,23+,24-,25+,26-,27-,28+,30-,33-,34+,35+,36+,37-/m0/s1. The van der Waals surface area contributed by atoms with Crippen LogP contribution in [0.4, 0.5) is 0 Å². The summed E-state index contributed by atoms with van der Waals surface area (Å²) in [6.45, 7) is -4.85. The van der Waals surface area contributed by atoms with Crippen LogP contribution in [-0.2, 0) is 76.3 Å². The van der Waals surface area contributed by atoms with Gasteiger partial charge in [-0.2, -0.15) is 8.42 Å². The molecule has 0 saturated carbocycles. The number of hydrogen-bond donors (Lipinski definition) is 20. The topological polar surface area (TPSA) is 583 Å². The van der Waals surface area contributed by atoms with Crippen molar-refractivity contribution in [1.82, 2.24) is 5.32 Å². The van der Waals surface area contributed by atoms with Gasteiger partial charge in [-0.1, -0.05) is 0 Å². The second kappa shape index (κ2) is 25.9. The van der Waals surface area contributed by atoms with E-state index in [-0.39, 0.29) is 0 Å². The Hall–Kier alpha value is -3.34. The zero-order valence-corrected chi connectivity index (χ0v) is 38.8. The number of aliphatic carboxylic acids is 2. The molecule has 0 aromatic rings. The summed E-state index contributed by atoms with van der Waals surface area (Å²) in [4.78, 5) is 37.0. The lowest BCUT2D eigenvalue weighted by molar-refractivity contribution is -0.386. The number of carboxylic acids is 2. The van der Waals surface area contributed by atoms with Crippen molar-refractivity contribution < 1.29 is 171 Å². The summed E-state index contributed by atoms with van der Waals surface area (Å²) in [6.07, 6.45) is -56.6. The minimum absolute atomic E-state index is 0.877. The molecule has 5 heterocycles. The van der Waals surface area contributed by atoms with Gasteiger partial charge in [-0.3, -0.25) is 9.35 Å². The van der Waals surface area contributed by atoms with Crippen molar-refractivity contribution in [2.24, 2.45) is 0 Å². The molecular weight excluding hydrogens is 1050 g/mol. The summed E-state index contributed by atoms with van der Waals surface area (Å²) >= 11 is 0. The van der Waals surface area contributed by atoms with Crippen LogP contribution < -0.4 is 5.32 Å². The Kier molecular flexibility index (Phi) is 21.5. The number of aliphatic hydroxyl groups excluding tert-OH is 16. The number of aliphatic hydroxyl groups is 16. The minimum Gasteiger partial charge on any atom is -0.506 e. The third-order valence-corrected chi connectivity index (χ3v) is 12.5. The number of amides is 1. The molecule has 4 saturated heterocycles. The van der Waals surface area contributed by atoms with Gasteiger partial charge in [0.2, 0.25) is 18.0 Å². The molecule has 0 bridgehead atoms. The molecule has 0 unspecified atom stereocenters.